The maximum absolute atomic E-state index is 11.7. The van der Waals surface area contributed by atoms with Crippen LogP contribution >= 0.6 is 11.6 Å². The van der Waals surface area contributed by atoms with Gasteiger partial charge in [0, 0.05) is 16.5 Å². The van der Waals surface area contributed by atoms with E-state index in [1.54, 1.807) is 30.3 Å². The quantitative estimate of drug-likeness (QED) is 0.493. The Labute approximate surface area is 123 Å². The predicted octanol–water partition coefficient (Wildman–Crippen LogP) is 4.25. The number of halogens is 1. The summed E-state index contributed by atoms with van der Waals surface area (Å²) in [5, 5.41) is 1.36. The van der Waals surface area contributed by atoms with Crippen LogP contribution < -0.4 is 5.63 Å². The molecule has 102 valence electrons. The lowest BCUT2D eigenvalue weighted by Gasteiger charge is -2.00. The molecule has 0 unspecified atom stereocenters. The molecule has 0 amide bonds. The molecule has 0 atom stereocenters. The fourth-order valence-electron chi connectivity index (χ4n) is 2.30. The smallest absolute Gasteiger partial charge is 0.337 e. The van der Waals surface area contributed by atoms with Gasteiger partial charge in [0.15, 0.2) is 5.58 Å². The molecule has 0 N–H and O–H groups in total. The molecule has 21 heavy (non-hydrogen) atoms. The highest BCUT2D eigenvalue weighted by Gasteiger charge is 2.13. The molecule has 2 aromatic heterocycles. The van der Waals surface area contributed by atoms with Crippen LogP contribution in [-0.4, -0.2) is 4.98 Å². The summed E-state index contributed by atoms with van der Waals surface area (Å²) < 4.78 is 10.9. The highest BCUT2D eigenvalue weighted by Crippen LogP contribution is 2.30. The van der Waals surface area contributed by atoms with Gasteiger partial charge in [-0.25, -0.2) is 9.78 Å². The van der Waals surface area contributed by atoms with Crippen molar-refractivity contribution >= 4 is 33.7 Å². The summed E-state index contributed by atoms with van der Waals surface area (Å²) in [6.45, 7) is 0. The third kappa shape index (κ3) is 2.00. The summed E-state index contributed by atoms with van der Waals surface area (Å²) >= 11 is 5.95. The van der Waals surface area contributed by atoms with Crippen LogP contribution in [0, 0.1) is 0 Å². The van der Waals surface area contributed by atoms with Crippen molar-refractivity contribution in [3.05, 3.63) is 64.0 Å². The van der Waals surface area contributed by atoms with Crippen molar-refractivity contribution in [2.75, 3.05) is 0 Å². The molecule has 0 aliphatic heterocycles. The largest absolute Gasteiger partial charge is 0.436 e. The fourth-order valence-corrected chi connectivity index (χ4v) is 2.47. The summed E-state index contributed by atoms with van der Waals surface area (Å²) in [6, 6.07) is 13.9. The molecule has 0 spiro atoms. The number of aromatic nitrogens is 1. The number of hydrogen-bond acceptors (Lipinski definition) is 4. The first kappa shape index (κ1) is 12.2. The highest BCUT2D eigenvalue weighted by molar-refractivity contribution is 6.31. The van der Waals surface area contributed by atoms with Crippen molar-refractivity contribution in [3.8, 4) is 11.5 Å². The summed E-state index contributed by atoms with van der Waals surface area (Å²) in [7, 11) is 0. The van der Waals surface area contributed by atoms with Crippen LogP contribution in [0.25, 0.3) is 33.5 Å². The van der Waals surface area contributed by atoms with E-state index in [0.29, 0.717) is 33.2 Å². The molecule has 0 aliphatic rings. The first-order valence-electron chi connectivity index (χ1n) is 6.30. The zero-order valence-corrected chi connectivity index (χ0v) is 11.4. The van der Waals surface area contributed by atoms with E-state index in [4.69, 9.17) is 20.4 Å². The Kier molecular flexibility index (Phi) is 2.59. The van der Waals surface area contributed by atoms with Crippen LogP contribution in [0.15, 0.2) is 62.2 Å². The van der Waals surface area contributed by atoms with Gasteiger partial charge in [-0.15, -0.1) is 0 Å². The lowest BCUT2D eigenvalue weighted by molar-refractivity contribution is 0.559. The average molecular weight is 298 g/mol. The van der Waals surface area contributed by atoms with E-state index in [-0.39, 0.29) is 0 Å². The summed E-state index contributed by atoms with van der Waals surface area (Å²) in [5.74, 6) is 0.372. The van der Waals surface area contributed by atoms with Gasteiger partial charge in [0.1, 0.15) is 11.1 Å². The zero-order chi connectivity index (χ0) is 14.4. The second-order valence-corrected chi connectivity index (χ2v) is 5.04. The van der Waals surface area contributed by atoms with Gasteiger partial charge in [-0.05, 0) is 24.3 Å². The topological polar surface area (TPSA) is 56.2 Å². The molecular formula is C16H8ClNO3. The number of rotatable bonds is 1. The Morgan fingerprint density at radius 2 is 1.81 bits per heavy atom. The molecule has 4 nitrogen and oxygen atoms in total. The molecule has 0 bridgehead atoms. The zero-order valence-electron chi connectivity index (χ0n) is 10.7. The summed E-state index contributed by atoms with van der Waals surface area (Å²) in [6.07, 6.45) is 0. The number of nitrogens with zero attached hydrogens (tertiary/aromatic N) is 1. The number of benzene rings is 2. The molecule has 0 aliphatic carbocycles. The van der Waals surface area contributed by atoms with Gasteiger partial charge in [-0.2, -0.15) is 0 Å². The molecule has 4 aromatic rings. The molecule has 0 fully saturated rings. The van der Waals surface area contributed by atoms with Gasteiger partial charge < -0.3 is 8.83 Å². The minimum atomic E-state index is -0.441. The van der Waals surface area contributed by atoms with E-state index < -0.39 is 5.63 Å². The second-order valence-electron chi connectivity index (χ2n) is 4.61. The molecule has 5 heteroatoms. The normalized spacial score (nSPS) is 11.3. The van der Waals surface area contributed by atoms with Crippen LogP contribution in [0.1, 0.15) is 0 Å². The van der Waals surface area contributed by atoms with Crippen LogP contribution in [0.2, 0.25) is 5.02 Å². The van der Waals surface area contributed by atoms with Crippen molar-refractivity contribution in [3.63, 3.8) is 0 Å². The molecular weight excluding hydrogens is 290 g/mol. The van der Waals surface area contributed by atoms with Gasteiger partial charge in [-0.3, -0.25) is 0 Å². The lowest BCUT2D eigenvalue weighted by Crippen LogP contribution is -1.97. The van der Waals surface area contributed by atoms with Crippen molar-refractivity contribution < 1.29 is 8.83 Å². The van der Waals surface area contributed by atoms with E-state index in [1.807, 2.05) is 12.1 Å². The first-order chi connectivity index (χ1) is 10.2. The van der Waals surface area contributed by atoms with Crippen molar-refractivity contribution in [1.29, 1.82) is 0 Å². The first-order valence-corrected chi connectivity index (χ1v) is 6.68. The van der Waals surface area contributed by atoms with Crippen LogP contribution in [0.4, 0.5) is 0 Å². The molecule has 0 radical (unpaired) electrons. The van der Waals surface area contributed by atoms with E-state index in [1.165, 1.54) is 6.07 Å². The van der Waals surface area contributed by atoms with E-state index in [0.717, 1.165) is 5.39 Å². The van der Waals surface area contributed by atoms with Gasteiger partial charge in [-0.1, -0.05) is 29.8 Å². The lowest BCUT2D eigenvalue weighted by atomic mass is 10.1. The Morgan fingerprint density at radius 3 is 2.71 bits per heavy atom. The van der Waals surface area contributed by atoms with Crippen molar-refractivity contribution in [2.45, 2.75) is 0 Å². The Balaban J connectivity index is 2.06. The number of hydrogen-bond donors (Lipinski definition) is 0. The minimum absolute atomic E-state index is 0.372. The molecule has 0 saturated carbocycles. The summed E-state index contributed by atoms with van der Waals surface area (Å²) in [4.78, 5) is 16.1. The van der Waals surface area contributed by atoms with Gasteiger partial charge in [0.2, 0.25) is 5.89 Å². The molecule has 2 aromatic carbocycles. The maximum Gasteiger partial charge on any atom is 0.337 e. The number of oxazole rings is 1. The van der Waals surface area contributed by atoms with Crippen molar-refractivity contribution in [1.82, 2.24) is 4.98 Å². The van der Waals surface area contributed by atoms with E-state index in [2.05, 4.69) is 4.98 Å². The monoisotopic (exact) mass is 297 g/mol. The van der Waals surface area contributed by atoms with Crippen LogP contribution in [-0.2, 0) is 0 Å². The number of fused-ring (bicyclic) bond motifs is 2. The third-order valence-electron chi connectivity index (χ3n) is 3.23. The Bertz CT molecular complexity index is 1030. The van der Waals surface area contributed by atoms with Crippen LogP contribution in [0.5, 0.6) is 0 Å². The fraction of sp³-hybridized carbons (Fsp3) is 0. The SMILES string of the molecule is O=c1cc(-c2nc3cc(Cl)ccc3o2)c2ccccc2o1. The van der Waals surface area contributed by atoms with Crippen molar-refractivity contribution in [2.24, 2.45) is 0 Å². The van der Waals surface area contributed by atoms with Gasteiger partial charge in [0.25, 0.3) is 0 Å². The predicted molar refractivity (Wildman–Crippen MR) is 80.5 cm³/mol. The molecule has 4 rings (SSSR count). The molecule has 0 saturated heterocycles. The highest BCUT2D eigenvalue weighted by atomic mass is 35.5. The Morgan fingerprint density at radius 1 is 0.952 bits per heavy atom. The standard InChI is InChI=1S/C16H8ClNO3/c17-9-5-6-14-12(7-9)18-16(21-14)11-8-15(19)20-13-4-2-1-3-10(11)13/h1-8H. The Hall–Kier alpha value is -2.59. The second kappa shape index (κ2) is 4.46. The average Bonchev–Trinajstić information content (AvgIpc) is 2.89. The molecule has 2 heterocycles. The van der Waals surface area contributed by atoms with Gasteiger partial charge in [0.05, 0.1) is 5.56 Å². The minimum Gasteiger partial charge on any atom is -0.436 e. The number of para-hydroxylation sites is 1. The van der Waals surface area contributed by atoms with E-state index >= 15 is 0 Å². The third-order valence-corrected chi connectivity index (χ3v) is 3.47. The van der Waals surface area contributed by atoms with Gasteiger partial charge >= 0.3 is 5.63 Å². The summed E-state index contributed by atoms with van der Waals surface area (Å²) in [5.41, 5.74) is 1.93. The maximum atomic E-state index is 11.7. The van der Waals surface area contributed by atoms with E-state index in [9.17, 15) is 4.79 Å². The van der Waals surface area contributed by atoms with Crippen LogP contribution in [0.3, 0.4) is 0 Å².